The molecule has 0 atom stereocenters. The lowest BCUT2D eigenvalue weighted by Gasteiger charge is -2.10. The van der Waals surface area contributed by atoms with Gasteiger partial charge in [-0.3, -0.25) is 9.59 Å². The summed E-state index contributed by atoms with van der Waals surface area (Å²) in [5.41, 5.74) is 1.41. The van der Waals surface area contributed by atoms with Gasteiger partial charge in [0.2, 0.25) is 5.91 Å². The molecule has 0 aliphatic rings. The summed E-state index contributed by atoms with van der Waals surface area (Å²) in [7, 11) is 0. The summed E-state index contributed by atoms with van der Waals surface area (Å²) in [6.07, 6.45) is 0.628. The molecule has 0 heterocycles. The van der Waals surface area contributed by atoms with E-state index in [2.05, 4.69) is 10.6 Å². The van der Waals surface area contributed by atoms with Gasteiger partial charge in [-0.1, -0.05) is 18.2 Å². The minimum absolute atomic E-state index is 0.162. The third kappa shape index (κ3) is 5.58. The van der Waals surface area contributed by atoms with Crippen LogP contribution >= 0.6 is 0 Å². The first kappa shape index (κ1) is 19.4. The molecule has 2 rings (SSSR count). The second kappa shape index (κ2) is 9.56. The summed E-state index contributed by atoms with van der Waals surface area (Å²) in [5.74, 6) is -0.477. The zero-order chi connectivity index (χ0) is 18.9. The summed E-state index contributed by atoms with van der Waals surface area (Å²) in [5, 5.41) is 5.30. The first-order valence-corrected chi connectivity index (χ1v) is 8.57. The summed E-state index contributed by atoms with van der Waals surface area (Å²) in [6.45, 7) is 4.44. The van der Waals surface area contributed by atoms with Crippen molar-refractivity contribution in [1.29, 1.82) is 0 Å². The topological polar surface area (TPSA) is 67.4 Å². The molecule has 2 aromatic carbocycles. The zero-order valence-corrected chi connectivity index (χ0v) is 15.0. The molecule has 2 N–H and O–H groups in total. The quantitative estimate of drug-likeness (QED) is 0.708. The number of ether oxygens (including phenoxy) is 1. The Labute approximate surface area is 152 Å². The second-order valence-corrected chi connectivity index (χ2v) is 5.82. The maximum Gasteiger partial charge on any atom is 0.255 e. The largest absolute Gasteiger partial charge is 0.493 e. The predicted molar refractivity (Wildman–Crippen MR) is 98.9 cm³/mol. The SMILES string of the molecule is CCOc1ccccc1C(=O)NCCCC(=O)Nc1ccc(C)cc1F. The molecule has 5 nitrogen and oxygen atoms in total. The number of nitrogens with one attached hydrogen (secondary N) is 2. The van der Waals surface area contributed by atoms with Crippen LogP contribution in [0.4, 0.5) is 10.1 Å². The van der Waals surface area contributed by atoms with Crippen LogP contribution in [-0.4, -0.2) is 25.0 Å². The second-order valence-electron chi connectivity index (χ2n) is 5.82. The molecular weight excluding hydrogens is 335 g/mol. The van der Waals surface area contributed by atoms with Crippen molar-refractivity contribution >= 4 is 17.5 Å². The van der Waals surface area contributed by atoms with E-state index in [4.69, 9.17) is 4.74 Å². The van der Waals surface area contributed by atoms with Crippen molar-refractivity contribution < 1.29 is 18.7 Å². The van der Waals surface area contributed by atoms with Crippen LogP contribution in [0.3, 0.4) is 0 Å². The highest BCUT2D eigenvalue weighted by Gasteiger charge is 2.12. The Morgan fingerprint density at radius 3 is 2.65 bits per heavy atom. The average molecular weight is 358 g/mol. The lowest BCUT2D eigenvalue weighted by molar-refractivity contribution is -0.116. The van der Waals surface area contributed by atoms with Crippen LogP contribution in [0.25, 0.3) is 0 Å². The van der Waals surface area contributed by atoms with E-state index in [1.165, 1.54) is 12.1 Å². The van der Waals surface area contributed by atoms with E-state index in [0.29, 0.717) is 30.9 Å². The first-order chi connectivity index (χ1) is 12.5. The summed E-state index contributed by atoms with van der Waals surface area (Å²) in [6, 6.07) is 11.6. The van der Waals surface area contributed by atoms with Gasteiger partial charge in [-0.25, -0.2) is 4.39 Å². The summed E-state index contributed by atoms with van der Waals surface area (Å²) < 4.78 is 19.1. The molecule has 0 saturated heterocycles. The highest BCUT2D eigenvalue weighted by atomic mass is 19.1. The van der Waals surface area contributed by atoms with Crippen molar-refractivity contribution in [3.63, 3.8) is 0 Å². The van der Waals surface area contributed by atoms with E-state index in [0.717, 1.165) is 5.56 Å². The van der Waals surface area contributed by atoms with Gasteiger partial charge in [0.25, 0.3) is 5.91 Å². The maximum atomic E-state index is 13.7. The number of hydrogen-bond acceptors (Lipinski definition) is 3. The third-order valence-corrected chi connectivity index (χ3v) is 3.70. The average Bonchev–Trinajstić information content (AvgIpc) is 2.62. The van der Waals surface area contributed by atoms with Gasteiger partial charge in [-0.15, -0.1) is 0 Å². The minimum Gasteiger partial charge on any atom is -0.493 e. The Morgan fingerprint density at radius 2 is 1.92 bits per heavy atom. The van der Waals surface area contributed by atoms with Gasteiger partial charge >= 0.3 is 0 Å². The first-order valence-electron chi connectivity index (χ1n) is 8.57. The number of carbonyl (C=O) groups is 2. The Morgan fingerprint density at radius 1 is 1.15 bits per heavy atom. The fraction of sp³-hybridized carbons (Fsp3) is 0.300. The van der Waals surface area contributed by atoms with Crippen LogP contribution in [0.1, 0.15) is 35.7 Å². The number of carbonyl (C=O) groups excluding carboxylic acids is 2. The van der Waals surface area contributed by atoms with Crippen molar-refractivity contribution in [3.05, 3.63) is 59.4 Å². The molecule has 0 aromatic heterocycles. The number of amides is 2. The zero-order valence-electron chi connectivity index (χ0n) is 15.0. The molecule has 0 fully saturated rings. The molecule has 0 aliphatic carbocycles. The van der Waals surface area contributed by atoms with E-state index >= 15 is 0 Å². The standard InChI is InChI=1S/C20H23FN2O3/c1-3-26-18-8-5-4-7-15(18)20(25)22-12-6-9-19(24)23-17-11-10-14(2)13-16(17)21/h4-5,7-8,10-11,13H,3,6,9,12H2,1-2H3,(H,22,25)(H,23,24). The van der Waals surface area contributed by atoms with Crippen molar-refractivity contribution in [2.75, 3.05) is 18.5 Å². The highest BCUT2D eigenvalue weighted by Crippen LogP contribution is 2.18. The highest BCUT2D eigenvalue weighted by molar-refractivity contribution is 5.97. The van der Waals surface area contributed by atoms with Gasteiger partial charge in [-0.05, 0) is 50.1 Å². The summed E-state index contributed by atoms with van der Waals surface area (Å²) >= 11 is 0. The fourth-order valence-corrected chi connectivity index (χ4v) is 2.42. The van der Waals surface area contributed by atoms with E-state index in [-0.39, 0.29) is 23.9 Å². The van der Waals surface area contributed by atoms with Crippen molar-refractivity contribution in [2.45, 2.75) is 26.7 Å². The van der Waals surface area contributed by atoms with Gasteiger partial charge in [0.05, 0.1) is 17.9 Å². The molecular formula is C20H23FN2O3. The Balaban J connectivity index is 1.78. The Bertz CT molecular complexity index is 777. The van der Waals surface area contributed by atoms with Crippen LogP contribution in [0, 0.1) is 12.7 Å². The number of hydrogen-bond donors (Lipinski definition) is 2. The van der Waals surface area contributed by atoms with E-state index < -0.39 is 5.82 Å². The lowest BCUT2D eigenvalue weighted by Crippen LogP contribution is -2.26. The van der Waals surface area contributed by atoms with Gasteiger partial charge in [0, 0.05) is 13.0 Å². The van der Waals surface area contributed by atoms with Crippen molar-refractivity contribution in [2.24, 2.45) is 0 Å². The molecule has 138 valence electrons. The molecule has 0 aliphatic heterocycles. The molecule has 2 aromatic rings. The number of halogens is 1. The molecule has 26 heavy (non-hydrogen) atoms. The van der Waals surface area contributed by atoms with Crippen LogP contribution in [0.5, 0.6) is 5.75 Å². The number of para-hydroxylation sites is 1. The minimum atomic E-state index is -0.459. The van der Waals surface area contributed by atoms with Gasteiger partial charge in [-0.2, -0.15) is 0 Å². The smallest absolute Gasteiger partial charge is 0.255 e. The molecule has 0 spiro atoms. The van der Waals surface area contributed by atoms with Crippen LogP contribution < -0.4 is 15.4 Å². The van der Waals surface area contributed by atoms with Gasteiger partial charge in [0.1, 0.15) is 11.6 Å². The molecule has 0 radical (unpaired) electrons. The number of anilines is 1. The van der Waals surface area contributed by atoms with E-state index in [9.17, 15) is 14.0 Å². The number of benzene rings is 2. The molecule has 6 heteroatoms. The van der Waals surface area contributed by atoms with E-state index in [1.54, 1.807) is 37.3 Å². The maximum absolute atomic E-state index is 13.7. The number of aryl methyl sites for hydroxylation is 1. The van der Waals surface area contributed by atoms with Crippen LogP contribution in [-0.2, 0) is 4.79 Å². The third-order valence-electron chi connectivity index (χ3n) is 3.70. The number of rotatable bonds is 8. The summed E-state index contributed by atoms with van der Waals surface area (Å²) in [4.78, 5) is 24.1. The van der Waals surface area contributed by atoms with Gasteiger partial charge in [0.15, 0.2) is 0 Å². The van der Waals surface area contributed by atoms with Gasteiger partial charge < -0.3 is 15.4 Å². The molecule has 2 amide bonds. The normalized spacial score (nSPS) is 10.3. The fourth-order valence-electron chi connectivity index (χ4n) is 2.42. The monoisotopic (exact) mass is 358 g/mol. The molecule has 0 saturated carbocycles. The van der Waals surface area contributed by atoms with Crippen molar-refractivity contribution in [3.8, 4) is 5.75 Å². The van der Waals surface area contributed by atoms with Crippen molar-refractivity contribution in [1.82, 2.24) is 5.32 Å². The van der Waals surface area contributed by atoms with Crippen LogP contribution in [0.2, 0.25) is 0 Å². The predicted octanol–water partition coefficient (Wildman–Crippen LogP) is 3.68. The lowest BCUT2D eigenvalue weighted by atomic mass is 10.2. The molecule has 0 bridgehead atoms. The molecule has 0 unspecified atom stereocenters. The van der Waals surface area contributed by atoms with Crippen LogP contribution in [0.15, 0.2) is 42.5 Å². The van der Waals surface area contributed by atoms with E-state index in [1.807, 2.05) is 6.92 Å². The Kier molecular flexibility index (Phi) is 7.14. The Hall–Kier alpha value is -2.89.